The minimum atomic E-state index is -0.332. The summed E-state index contributed by atoms with van der Waals surface area (Å²) in [6, 6.07) is 15.1. The summed E-state index contributed by atoms with van der Waals surface area (Å²) in [5.41, 5.74) is 2.59. The molecule has 2 aromatic heterocycles. The highest BCUT2D eigenvalue weighted by Gasteiger charge is 2.28. The SMILES string of the molecule is COCCN(CCC(=O)NCc1ccncc1)C(=O)c1cc2n(n1)CCCN(Cc1ccccc1)C2=O. The number of rotatable bonds is 11. The lowest BCUT2D eigenvalue weighted by Gasteiger charge is -2.21. The Morgan fingerprint density at radius 2 is 1.84 bits per heavy atom. The summed E-state index contributed by atoms with van der Waals surface area (Å²) in [5.74, 6) is -0.645. The van der Waals surface area contributed by atoms with Crippen LogP contribution in [0, 0.1) is 0 Å². The van der Waals surface area contributed by atoms with Crippen molar-refractivity contribution in [2.75, 3.05) is 33.4 Å². The van der Waals surface area contributed by atoms with Gasteiger partial charge in [-0.1, -0.05) is 30.3 Å². The summed E-state index contributed by atoms with van der Waals surface area (Å²) in [4.78, 5) is 46.4. The third-order valence-electron chi connectivity index (χ3n) is 6.22. The Hall–Kier alpha value is -4.05. The number of pyridine rings is 1. The summed E-state index contributed by atoms with van der Waals surface area (Å²) in [5, 5.41) is 7.33. The number of aryl methyl sites for hydroxylation is 1. The molecular weight excluding hydrogens is 472 g/mol. The number of nitrogens with zero attached hydrogens (tertiary/aromatic N) is 5. The van der Waals surface area contributed by atoms with Crippen LogP contribution >= 0.6 is 0 Å². The number of fused-ring (bicyclic) bond motifs is 1. The molecule has 0 saturated heterocycles. The fourth-order valence-electron chi connectivity index (χ4n) is 4.20. The van der Waals surface area contributed by atoms with E-state index in [-0.39, 0.29) is 36.4 Å². The molecule has 0 aliphatic carbocycles. The van der Waals surface area contributed by atoms with Crippen molar-refractivity contribution >= 4 is 17.7 Å². The van der Waals surface area contributed by atoms with Gasteiger partial charge in [0.05, 0.1) is 6.61 Å². The van der Waals surface area contributed by atoms with Gasteiger partial charge >= 0.3 is 0 Å². The molecule has 10 nitrogen and oxygen atoms in total. The van der Waals surface area contributed by atoms with E-state index in [0.29, 0.717) is 45.0 Å². The molecule has 0 atom stereocenters. The summed E-state index contributed by atoms with van der Waals surface area (Å²) in [7, 11) is 1.56. The molecule has 1 aliphatic heterocycles. The highest BCUT2D eigenvalue weighted by molar-refractivity contribution is 5.98. The first-order chi connectivity index (χ1) is 18.0. The number of aromatic nitrogens is 3. The Balaban J connectivity index is 1.41. The molecule has 194 valence electrons. The van der Waals surface area contributed by atoms with Crippen LogP contribution in [0.15, 0.2) is 60.9 Å². The predicted octanol–water partition coefficient (Wildman–Crippen LogP) is 2.12. The lowest BCUT2D eigenvalue weighted by Crippen LogP contribution is -2.37. The lowest BCUT2D eigenvalue weighted by atomic mass is 10.2. The number of nitrogens with one attached hydrogen (secondary N) is 1. The van der Waals surface area contributed by atoms with Crippen LogP contribution in [0.5, 0.6) is 0 Å². The smallest absolute Gasteiger partial charge is 0.274 e. The molecule has 3 aromatic rings. The number of carbonyl (C=O) groups excluding carboxylic acids is 3. The maximum atomic E-state index is 13.4. The number of hydrogen-bond acceptors (Lipinski definition) is 6. The van der Waals surface area contributed by atoms with E-state index in [1.807, 2.05) is 42.5 Å². The first kappa shape index (κ1) is 26.0. The van der Waals surface area contributed by atoms with Gasteiger partial charge in [-0.3, -0.25) is 24.0 Å². The Bertz CT molecular complexity index is 1200. The first-order valence-corrected chi connectivity index (χ1v) is 12.4. The van der Waals surface area contributed by atoms with E-state index in [0.717, 1.165) is 17.5 Å². The number of carbonyl (C=O) groups is 3. The molecule has 0 spiro atoms. The molecule has 0 saturated carbocycles. The molecule has 0 unspecified atom stereocenters. The molecule has 4 rings (SSSR count). The minimum Gasteiger partial charge on any atom is -0.383 e. The Labute approximate surface area is 216 Å². The van der Waals surface area contributed by atoms with Gasteiger partial charge < -0.3 is 19.9 Å². The summed E-state index contributed by atoms with van der Waals surface area (Å²) >= 11 is 0. The largest absolute Gasteiger partial charge is 0.383 e. The zero-order chi connectivity index (χ0) is 26.0. The third-order valence-corrected chi connectivity index (χ3v) is 6.22. The van der Waals surface area contributed by atoms with Crippen LogP contribution in [-0.4, -0.2) is 75.6 Å². The number of benzene rings is 1. The second-order valence-electron chi connectivity index (χ2n) is 8.87. The normalized spacial score (nSPS) is 13.1. The average molecular weight is 505 g/mol. The van der Waals surface area contributed by atoms with Gasteiger partial charge in [0.2, 0.25) is 5.91 Å². The fourth-order valence-corrected chi connectivity index (χ4v) is 4.20. The Morgan fingerprint density at radius 1 is 1.05 bits per heavy atom. The van der Waals surface area contributed by atoms with Gasteiger partial charge in [-0.2, -0.15) is 5.10 Å². The molecule has 10 heteroatoms. The number of amides is 3. The number of hydrogen-bond donors (Lipinski definition) is 1. The Kier molecular flexibility index (Phi) is 8.98. The van der Waals surface area contributed by atoms with Crippen molar-refractivity contribution in [3.05, 3.63) is 83.4 Å². The molecule has 1 aliphatic rings. The van der Waals surface area contributed by atoms with Crippen LogP contribution in [0.3, 0.4) is 0 Å². The van der Waals surface area contributed by atoms with Gasteiger partial charge in [-0.05, 0) is 29.7 Å². The fraction of sp³-hybridized carbons (Fsp3) is 0.370. The minimum absolute atomic E-state index is 0.137. The molecule has 1 aromatic carbocycles. The molecule has 0 bridgehead atoms. The van der Waals surface area contributed by atoms with E-state index >= 15 is 0 Å². The average Bonchev–Trinajstić information content (AvgIpc) is 3.30. The maximum absolute atomic E-state index is 13.4. The van der Waals surface area contributed by atoms with Crippen molar-refractivity contribution in [2.45, 2.75) is 32.5 Å². The zero-order valence-corrected chi connectivity index (χ0v) is 21.0. The predicted molar refractivity (Wildman–Crippen MR) is 137 cm³/mol. The van der Waals surface area contributed by atoms with Crippen molar-refractivity contribution < 1.29 is 19.1 Å². The van der Waals surface area contributed by atoms with E-state index in [1.54, 1.807) is 40.1 Å². The van der Waals surface area contributed by atoms with Crippen molar-refractivity contribution in [3.8, 4) is 0 Å². The number of methoxy groups -OCH3 is 1. The van der Waals surface area contributed by atoms with Crippen LogP contribution in [0.2, 0.25) is 0 Å². The summed E-state index contributed by atoms with van der Waals surface area (Å²) in [6.45, 7) is 2.90. The van der Waals surface area contributed by atoms with Crippen molar-refractivity contribution in [1.82, 2.24) is 29.9 Å². The second kappa shape index (κ2) is 12.8. The van der Waals surface area contributed by atoms with Gasteiger partial charge in [0.25, 0.3) is 11.8 Å². The van der Waals surface area contributed by atoms with Crippen molar-refractivity contribution in [1.29, 1.82) is 0 Å². The van der Waals surface area contributed by atoms with Crippen LogP contribution in [0.25, 0.3) is 0 Å². The monoisotopic (exact) mass is 504 g/mol. The topological polar surface area (TPSA) is 110 Å². The first-order valence-electron chi connectivity index (χ1n) is 12.4. The van der Waals surface area contributed by atoms with Crippen LogP contribution in [-0.2, 0) is 29.2 Å². The van der Waals surface area contributed by atoms with Crippen LogP contribution in [0.4, 0.5) is 0 Å². The van der Waals surface area contributed by atoms with Gasteiger partial charge in [0.15, 0.2) is 5.69 Å². The Morgan fingerprint density at radius 3 is 2.59 bits per heavy atom. The molecule has 3 amide bonds. The lowest BCUT2D eigenvalue weighted by molar-refractivity contribution is -0.121. The maximum Gasteiger partial charge on any atom is 0.274 e. The second-order valence-corrected chi connectivity index (χ2v) is 8.87. The zero-order valence-electron chi connectivity index (χ0n) is 21.0. The highest BCUT2D eigenvalue weighted by Crippen LogP contribution is 2.18. The van der Waals surface area contributed by atoms with E-state index in [9.17, 15) is 14.4 Å². The van der Waals surface area contributed by atoms with E-state index < -0.39 is 0 Å². The van der Waals surface area contributed by atoms with E-state index in [4.69, 9.17) is 4.74 Å². The molecule has 0 fully saturated rings. The van der Waals surface area contributed by atoms with E-state index in [1.165, 1.54) is 0 Å². The van der Waals surface area contributed by atoms with Crippen molar-refractivity contribution in [3.63, 3.8) is 0 Å². The molecule has 3 heterocycles. The quantitative estimate of drug-likeness (QED) is 0.428. The molecule has 1 N–H and O–H groups in total. The summed E-state index contributed by atoms with van der Waals surface area (Å²) in [6.07, 6.45) is 4.22. The summed E-state index contributed by atoms with van der Waals surface area (Å²) < 4.78 is 6.79. The van der Waals surface area contributed by atoms with Crippen molar-refractivity contribution in [2.24, 2.45) is 0 Å². The van der Waals surface area contributed by atoms with Gasteiger partial charge in [-0.15, -0.1) is 0 Å². The number of ether oxygens (including phenoxy) is 1. The van der Waals surface area contributed by atoms with Gasteiger partial charge in [0.1, 0.15) is 5.69 Å². The molecule has 0 radical (unpaired) electrons. The standard InChI is InChI=1S/C27H32N6O4/c1-37-17-16-31(15-10-25(34)29-19-21-8-11-28-12-9-21)26(35)23-18-24-27(36)32(13-5-14-33(24)30-23)20-22-6-3-2-4-7-22/h2-4,6-9,11-12,18H,5,10,13-17,19-20H2,1H3,(H,29,34). The van der Waals surface area contributed by atoms with Gasteiger partial charge in [-0.25, -0.2) is 0 Å². The molecule has 37 heavy (non-hydrogen) atoms. The third kappa shape index (κ3) is 7.01. The van der Waals surface area contributed by atoms with Gasteiger partial charge in [0, 0.05) is 71.3 Å². The molecular formula is C27H32N6O4. The highest BCUT2D eigenvalue weighted by atomic mass is 16.5. The van der Waals surface area contributed by atoms with Crippen LogP contribution < -0.4 is 5.32 Å². The van der Waals surface area contributed by atoms with Crippen LogP contribution in [0.1, 0.15) is 44.9 Å². The van der Waals surface area contributed by atoms with E-state index in [2.05, 4.69) is 15.4 Å².